The van der Waals surface area contributed by atoms with Crippen LogP contribution in [0.3, 0.4) is 0 Å². The lowest BCUT2D eigenvalue weighted by Crippen LogP contribution is -2.60. The first-order valence-electron chi connectivity index (χ1n) is 23.5. The highest BCUT2D eigenvalue weighted by atomic mass is 16.7. The third-order valence-electron chi connectivity index (χ3n) is 11.0. The zero-order chi connectivity index (χ0) is 42.5. The molecule has 0 spiro atoms. The molecule has 1 fully saturated rings. The summed E-state index contributed by atoms with van der Waals surface area (Å²) in [6, 6.07) is -1.01. The van der Waals surface area contributed by atoms with Crippen molar-refractivity contribution < 1.29 is 44.9 Å². The van der Waals surface area contributed by atoms with Gasteiger partial charge in [0.15, 0.2) is 6.29 Å². The highest BCUT2D eigenvalue weighted by Crippen LogP contribution is 2.22. The van der Waals surface area contributed by atoms with E-state index in [0.717, 1.165) is 57.8 Å². The summed E-state index contributed by atoms with van der Waals surface area (Å²) >= 11 is 0. The van der Waals surface area contributed by atoms with Gasteiger partial charge in [0, 0.05) is 0 Å². The molecule has 8 atom stereocenters. The monoisotopic (exact) mass is 822 g/mol. The molecule has 10 nitrogen and oxygen atoms in total. The van der Waals surface area contributed by atoms with Gasteiger partial charge in [-0.2, -0.15) is 0 Å². The van der Waals surface area contributed by atoms with Crippen molar-refractivity contribution in [2.24, 2.45) is 0 Å². The van der Waals surface area contributed by atoms with Gasteiger partial charge in [-0.15, -0.1) is 0 Å². The zero-order valence-corrected chi connectivity index (χ0v) is 36.7. The van der Waals surface area contributed by atoms with E-state index >= 15 is 0 Å². The molecule has 0 aromatic heterocycles. The number of aliphatic hydroxyl groups excluding tert-OH is 6. The van der Waals surface area contributed by atoms with Crippen LogP contribution < -0.4 is 5.32 Å². The average Bonchev–Trinajstić information content (AvgIpc) is 3.22. The molecule has 1 aliphatic rings. The summed E-state index contributed by atoms with van der Waals surface area (Å²) in [6.45, 7) is 3.56. The Hall–Kier alpha value is -1.89. The number of aliphatic hydroxyl groups is 6. The van der Waals surface area contributed by atoms with E-state index in [1.165, 1.54) is 96.3 Å². The number of nitrogens with one attached hydrogen (secondary N) is 1. The molecule has 0 aromatic carbocycles. The minimum atomic E-state index is -1.62. The normalized spacial score (nSPS) is 21.8. The Morgan fingerprint density at radius 2 is 1.02 bits per heavy atom. The van der Waals surface area contributed by atoms with Crippen LogP contribution in [-0.2, 0) is 14.3 Å². The minimum Gasteiger partial charge on any atom is -0.394 e. The van der Waals surface area contributed by atoms with Gasteiger partial charge in [-0.1, -0.05) is 165 Å². The third kappa shape index (κ3) is 27.8. The number of amides is 1. The zero-order valence-electron chi connectivity index (χ0n) is 36.7. The highest BCUT2D eigenvalue weighted by Gasteiger charge is 2.44. The molecule has 58 heavy (non-hydrogen) atoms. The molecule has 1 aliphatic heterocycles. The molecule has 1 rings (SSSR count). The predicted molar refractivity (Wildman–Crippen MR) is 236 cm³/mol. The van der Waals surface area contributed by atoms with Gasteiger partial charge in [0.25, 0.3) is 0 Å². The van der Waals surface area contributed by atoms with Crippen LogP contribution in [0.2, 0.25) is 0 Å². The highest BCUT2D eigenvalue weighted by molar-refractivity contribution is 5.80. The van der Waals surface area contributed by atoms with Gasteiger partial charge < -0.3 is 45.4 Å². The van der Waals surface area contributed by atoms with E-state index in [4.69, 9.17) is 9.47 Å². The number of hydrogen-bond donors (Lipinski definition) is 7. The third-order valence-corrected chi connectivity index (χ3v) is 11.0. The molecule has 1 amide bonds. The summed E-state index contributed by atoms with van der Waals surface area (Å²) in [5.41, 5.74) is 0. The Labute approximate surface area is 353 Å². The van der Waals surface area contributed by atoms with E-state index in [-0.39, 0.29) is 13.0 Å². The molecule has 1 heterocycles. The maximum absolute atomic E-state index is 13.0. The maximum Gasteiger partial charge on any atom is 0.249 e. The second kappa shape index (κ2) is 38.1. The van der Waals surface area contributed by atoms with Gasteiger partial charge >= 0.3 is 0 Å². The smallest absolute Gasteiger partial charge is 0.249 e. The largest absolute Gasteiger partial charge is 0.394 e. The first-order valence-corrected chi connectivity index (χ1v) is 23.5. The van der Waals surface area contributed by atoms with Crippen LogP contribution in [0.1, 0.15) is 187 Å². The topological polar surface area (TPSA) is 169 Å². The molecule has 10 heteroatoms. The molecule has 0 aliphatic carbocycles. The Morgan fingerprint density at radius 1 is 0.586 bits per heavy atom. The van der Waals surface area contributed by atoms with Crippen molar-refractivity contribution >= 4 is 5.91 Å². The SMILES string of the molecule is CCCCCCCC/C=C/CC/C=C/CC/C=C/C(O)C(COC1OC(CO)C(O)C(O)C1O)NC(=O)C(O)CCCCCC/C=C\CCCCCCCCCCC. The van der Waals surface area contributed by atoms with Crippen molar-refractivity contribution in [3.05, 3.63) is 48.6 Å². The van der Waals surface area contributed by atoms with Gasteiger partial charge in [-0.25, -0.2) is 0 Å². The van der Waals surface area contributed by atoms with Crippen LogP contribution in [0, 0.1) is 0 Å². The molecule has 0 saturated carbocycles. The summed E-state index contributed by atoms with van der Waals surface area (Å²) in [7, 11) is 0. The second-order valence-corrected chi connectivity index (χ2v) is 16.3. The van der Waals surface area contributed by atoms with E-state index < -0.39 is 61.5 Å². The predicted octanol–water partition coefficient (Wildman–Crippen LogP) is 8.81. The second-order valence-electron chi connectivity index (χ2n) is 16.3. The van der Waals surface area contributed by atoms with Gasteiger partial charge in [-0.05, 0) is 70.6 Å². The molecule has 7 N–H and O–H groups in total. The number of allylic oxidation sites excluding steroid dienone is 7. The Bertz CT molecular complexity index is 1060. The molecular formula is C48H87NO9. The van der Waals surface area contributed by atoms with Gasteiger partial charge in [0.2, 0.25) is 5.91 Å². The van der Waals surface area contributed by atoms with Crippen LogP contribution in [0.4, 0.5) is 0 Å². The van der Waals surface area contributed by atoms with Crippen molar-refractivity contribution in [3.8, 4) is 0 Å². The van der Waals surface area contributed by atoms with Crippen molar-refractivity contribution in [1.29, 1.82) is 0 Å². The Morgan fingerprint density at radius 3 is 1.50 bits per heavy atom. The number of ether oxygens (including phenoxy) is 2. The molecule has 1 saturated heterocycles. The van der Waals surface area contributed by atoms with Gasteiger partial charge in [0.1, 0.15) is 30.5 Å². The standard InChI is InChI=1S/C48H87NO9/c1-3-5-7-9-11-13-15-17-19-21-23-25-27-29-31-33-35-37-42(52)47(56)49-40(39-57-48-46(55)45(54)44(53)43(38-50)58-48)41(51)36-34-32-30-28-26-24-22-20-18-16-14-12-10-8-6-4-2/h18,20,23,25-26,28,34,36,40-46,48,50-55H,3-17,19,21-22,24,27,29-33,35,37-39H2,1-2H3,(H,49,56)/b20-18+,25-23-,28-26+,36-34+. The van der Waals surface area contributed by atoms with Crippen molar-refractivity contribution in [3.63, 3.8) is 0 Å². The van der Waals surface area contributed by atoms with Crippen molar-refractivity contribution in [1.82, 2.24) is 5.32 Å². The lowest BCUT2D eigenvalue weighted by molar-refractivity contribution is -0.302. The molecule has 8 unspecified atom stereocenters. The molecule has 338 valence electrons. The quantitative estimate of drug-likeness (QED) is 0.0238. The van der Waals surface area contributed by atoms with Crippen LogP contribution in [-0.4, -0.2) is 98.7 Å². The number of carbonyl (C=O) groups is 1. The van der Waals surface area contributed by atoms with Gasteiger partial charge in [-0.3, -0.25) is 4.79 Å². The van der Waals surface area contributed by atoms with E-state index in [2.05, 4.69) is 55.6 Å². The molecule has 0 radical (unpaired) electrons. The maximum atomic E-state index is 13.0. The Balaban J connectivity index is 2.46. The number of hydrogen-bond acceptors (Lipinski definition) is 9. The summed E-state index contributed by atoms with van der Waals surface area (Å²) in [4.78, 5) is 13.0. The van der Waals surface area contributed by atoms with Crippen LogP contribution >= 0.6 is 0 Å². The van der Waals surface area contributed by atoms with E-state index in [1.54, 1.807) is 6.08 Å². The van der Waals surface area contributed by atoms with E-state index in [9.17, 15) is 35.4 Å². The number of rotatable bonds is 38. The van der Waals surface area contributed by atoms with Crippen molar-refractivity contribution in [2.45, 2.75) is 236 Å². The molecule has 0 bridgehead atoms. The minimum absolute atomic E-state index is 0.285. The molecule has 0 aromatic rings. The average molecular weight is 822 g/mol. The van der Waals surface area contributed by atoms with Gasteiger partial charge in [0.05, 0.1) is 25.4 Å². The molecular weight excluding hydrogens is 735 g/mol. The lowest BCUT2D eigenvalue weighted by Gasteiger charge is -2.40. The summed E-state index contributed by atoms with van der Waals surface area (Å²) in [5.74, 6) is -0.641. The fourth-order valence-electron chi connectivity index (χ4n) is 7.07. The van der Waals surface area contributed by atoms with Crippen molar-refractivity contribution in [2.75, 3.05) is 13.2 Å². The number of carbonyl (C=O) groups excluding carboxylic acids is 1. The van der Waals surface area contributed by atoms with Crippen LogP contribution in [0.25, 0.3) is 0 Å². The first-order chi connectivity index (χ1) is 28.3. The Kier molecular flexibility index (Phi) is 35.5. The summed E-state index contributed by atoms with van der Waals surface area (Å²) in [6.07, 6.45) is 37.7. The summed E-state index contributed by atoms with van der Waals surface area (Å²) in [5, 5.41) is 64.6. The number of unbranched alkanes of at least 4 members (excludes halogenated alkanes) is 21. The van der Waals surface area contributed by atoms with E-state index in [1.807, 2.05) is 6.08 Å². The lowest BCUT2D eigenvalue weighted by atomic mass is 9.99. The first kappa shape index (κ1) is 54.1. The summed E-state index contributed by atoms with van der Waals surface area (Å²) < 4.78 is 11.1. The van der Waals surface area contributed by atoms with Crippen LogP contribution in [0.5, 0.6) is 0 Å². The van der Waals surface area contributed by atoms with Crippen LogP contribution in [0.15, 0.2) is 48.6 Å². The van der Waals surface area contributed by atoms with E-state index in [0.29, 0.717) is 12.8 Å². The fourth-order valence-corrected chi connectivity index (χ4v) is 7.07. The fraction of sp³-hybridized carbons (Fsp3) is 0.812.